The number of ether oxygens (including phenoxy) is 1. The summed E-state index contributed by atoms with van der Waals surface area (Å²) in [5.74, 6) is 1.22. The summed E-state index contributed by atoms with van der Waals surface area (Å²) < 4.78 is 6.05. The van der Waals surface area contributed by atoms with E-state index >= 15 is 0 Å². The standard InChI is InChI=1S/C19H25N3O2/c1-12-16(13(2)22-21-12)9-18(23)20-11-14-10-19(3,4)24-17-8-6-5-7-15(14)17/h5-8,14H,9-11H2,1-4H3,(H,20,23)(H,21,22). The second-order valence-corrected chi connectivity index (χ2v) is 7.19. The molecule has 0 radical (unpaired) electrons. The molecule has 1 unspecified atom stereocenters. The SMILES string of the molecule is Cc1n[nH]c(C)c1CC(=O)NCC1CC(C)(C)Oc2ccccc21. The van der Waals surface area contributed by atoms with E-state index in [0.717, 1.165) is 29.1 Å². The molecule has 0 saturated carbocycles. The Morgan fingerprint density at radius 2 is 2.12 bits per heavy atom. The van der Waals surface area contributed by atoms with Crippen LogP contribution in [0.4, 0.5) is 0 Å². The number of amides is 1. The monoisotopic (exact) mass is 327 g/mol. The van der Waals surface area contributed by atoms with E-state index < -0.39 is 0 Å². The van der Waals surface area contributed by atoms with Crippen molar-refractivity contribution < 1.29 is 9.53 Å². The van der Waals surface area contributed by atoms with Crippen LogP contribution in [0.15, 0.2) is 24.3 Å². The fourth-order valence-electron chi connectivity index (χ4n) is 3.43. The number of nitrogens with one attached hydrogen (secondary N) is 2. The molecule has 2 heterocycles. The molecule has 5 nitrogen and oxygen atoms in total. The largest absolute Gasteiger partial charge is 0.488 e. The van der Waals surface area contributed by atoms with Crippen molar-refractivity contribution in [2.45, 2.75) is 52.1 Å². The Bertz CT molecular complexity index is 729. The predicted molar refractivity (Wildman–Crippen MR) is 93.3 cm³/mol. The van der Waals surface area contributed by atoms with Gasteiger partial charge in [0.25, 0.3) is 0 Å². The van der Waals surface area contributed by atoms with Gasteiger partial charge in [0.05, 0.1) is 12.1 Å². The summed E-state index contributed by atoms with van der Waals surface area (Å²) >= 11 is 0. The maximum absolute atomic E-state index is 12.3. The van der Waals surface area contributed by atoms with Gasteiger partial charge in [-0.1, -0.05) is 18.2 Å². The van der Waals surface area contributed by atoms with Crippen molar-refractivity contribution >= 4 is 5.91 Å². The Balaban J connectivity index is 1.67. The van der Waals surface area contributed by atoms with Crippen LogP contribution in [0.1, 0.15) is 48.7 Å². The summed E-state index contributed by atoms with van der Waals surface area (Å²) in [4.78, 5) is 12.3. The Morgan fingerprint density at radius 1 is 1.38 bits per heavy atom. The molecule has 0 aliphatic carbocycles. The second-order valence-electron chi connectivity index (χ2n) is 7.19. The third-order valence-corrected chi connectivity index (χ3v) is 4.65. The first-order valence-electron chi connectivity index (χ1n) is 8.41. The maximum Gasteiger partial charge on any atom is 0.224 e. The average molecular weight is 327 g/mol. The number of hydrogen-bond donors (Lipinski definition) is 2. The van der Waals surface area contributed by atoms with Crippen LogP contribution in [0.2, 0.25) is 0 Å². The minimum Gasteiger partial charge on any atom is -0.488 e. The molecule has 1 aromatic heterocycles. The van der Waals surface area contributed by atoms with E-state index in [2.05, 4.69) is 35.4 Å². The van der Waals surface area contributed by atoms with Crippen molar-refractivity contribution in [3.8, 4) is 5.75 Å². The van der Waals surface area contributed by atoms with Crippen molar-refractivity contribution in [1.82, 2.24) is 15.5 Å². The van der Waals surface area contributed by atoms with E-state index in [4.69, 9.17) is 4.74 Å². The van der Waals surface area contributed by atoms with Crippen LogP contribution in [-0.2, 0) is 11.2 Å². The third kappa shape index (κ3) is 3.45. The summed E-state index contributed by atoms with van der Waals surface area (Å²) in [5.41, 5.74) is 3.79. The first-order valence-corrected chi connectivity index (χ1v) is 8.41. The zero-order valence-corrected chi connectivity index (χ0v) is 14.8. The average Bonchev–Trinajstić information content (AvgIpc) is 2.83. The molecule has 2 N–H and O–H groups in total. The van der Waals surface area contributed by atoms with E-state index in [1.54, 1.807) is 0 Å². The first kappa shape index (κ1) is 16.6. The van der Waals surface area contributed by atoms with Crippen molar-refractivity contribution in [2.75, 3.05) is 6.54 Å². The van der Waals surface area contributed by atoms with Crippen molar-refractivity contribution in [3.05, 3.63) is 46.8 Å². The summed E-state index contributed by atoms with van der Waals surface area (Å²) in [6.45, 7) is 8.67. The highest BCUT2D eigenvalue weighted by Crippen LogP contribution is 2.40. The number of carbonyl (C=O) groups excluding carboxylic acids is 1. The number of hydrogen-bond acceptors (Lipinski definition) is 3. The van der Waals surface area contributed by atoms with Crippen molar-refractivity contribution in [3.63, 3.8) is 0 Å². The molecule has 1 aromatic carbocycles. The van der Waals surface area contributed by atoms with Crippen LogP contribution >= 0.6 is 0 Å². The van der Waals surface area contributed by atoms with Gasteiger partial charge in [0.2, 0.25) is 5.91 Å². The van der Waals surface area contributed by atoms with Crippen LogP contribution in [0.3, 0.4) is 0 Å². The van der Waals surface area contributed by atoms with Gasteiger partial charge in [-0.3, -0.25) is 9.89 Å². The minimum atomic E-state index is -0.221. The lowest BCUT2D eigenvalue weighted by atomic mass is 9.84. The smallest absolute Gasteiger partial charge is 0.224 e. The van der Waals surface area contributed by atoms with Gasteiger partial charge in [0.1, 0.15) is 11.4 Å². The zero-order valence-electron chi connectivity index (χ0n) is 14.8. The molecule has 1 atom stereocenters. The van der Waals surface area contributed by atoms with Gasteiger partial charge in [-0.05, 0) is 45.7 Å². The number of nitrogens with zero attached hydrogens (tertiary/aromatic N) is 1. The van der Waals surface area contributed by atoms with Crippen LogP contribution in [0.25, 0.3) is 0 Å². The number of rotatable bonds is 4. The molecule has 1 aliphatic rings. The minimum absolute atomic E-state index is 0.0318. The van der Waals surface area contributed by atoms with Crippen molar-refractivity contribution in [2.24, 2.45) is 0 Å². The number of H-pyrrole nitrogens is 1. The molecule has 1 aliphatic heterocycles. The lowest BCUT2D eigenvalue weighted by Gasteiger charge is -2.37. The van der Waals surface area contributed by atoms with Gasteiger partial charge in [-0.2, -0.15) is 5.10 Å². The number of fused-ring (bicyclic) bond motifs is 1. The zero-order chi connectivity index (χ0) is 17.3. The van der Waals surface area contributed by atoms with Crippen LogP contribution < -0.4 is 10.1 Å². The summed E-state index contributed by atoms with van der Waals surface area (Å²) in [7, 11) is 0. The number of aromatic amines is 1. The number of aromatic nitrogens is 2. The quantitative estimate of drug-likeness (QED) is 0.907. The second kappa shape index (κ2) is 6.30. The fourth-order valence-corrected chi connectivity index (χ4v) is 3.43. The Labute approximate surface area is 142 Å². The summed E-state index contributed by atoms with van der Waals surface area (Å²) in [6, 6.07) is 8.10. The lowest BCUT2D eigenvalue weighted by Crippen LogP contribution is -2.39. The molecule has 2 aromatic rings. The van der Waals surface area contributed by atoms with Gasteiger partial charge < -0.3 is 10.1 Å². The van der Waals surface area contributed by atoms with Crippen LogP contribution in [-0.4, -0.2) is 28.3 Å². The van der Waals surface area contributed by atoms with E-state index in [0.29, 0.717) is 13.0 Å². The Morgan fingerprint density at radius 3 is 2.83 bits per heavy atom. The fraction of sp³-hybridized carbons (Fsp3) is 0.474. The van der Waals surface area contributed by atoms with Crippen molar-refractivity contribution in [1.29, 1.82) is 0 Å². The molecule has 0 saturated heterocycles. The maximum atomic E-state index is 12.3. The molecule has 5 heteroatoms. The van der Waals surface area contributed by atoms with Gasteiger partial charge in [0.15, 0.2) is 0 Å². The topological polar surface area (TPSA) is 67.0 Å². The van der Waals surface area contributed by atoms with E-state index in [9.17, 15) is 4.79 Å². The van der Waals surface area contributed by atoms with E-state index in [1.807, 2.05) is 32.0 Å². The molecule has 0 spiro atoms. The number of aryl methyl sites for hydroxylation is 2. The molecule has 0 bridgehead atoms. The Kier molecular flexibility index (Phi) is 4.35. The molecule has 0 fully saturated rings. The predicted octanol–water partition coefficient (Wildman–Crippen LogP) is 3.03. The highest BCUT2D eigenvalue weighted by molar-refractivity contribution is 5.79. The summed E-state index contributed by atoms with van der Waals surface area (Å²) in [6.07, 6.45) is 1.25. The number of para-hydroxylation sites is 1. The molecule has 1 amide bonds. The van der Waals surface area contributed by atoms with Gasteiger partial charge in [-0.15, -0.1) is 0 Å². The lowest BCUT2D eigenvalue weighted by molar-refractivity contribution is -0.120. The molecule has 24 heavy (non-hydrogen) atoms. The molecule has 128 valence electrons. The van der Waals surface area contributed by atoms with Gasteiger partial charge in [0, 0.05) is 23.7 Å². The normalized spacial score (nSPS) is 18.6. The molecular weight excluding hydrogens is 302 g/mol. The third-order valence-electron chi connectivity index (χ3n) is 4.65. The van der Waals surface area contributed by atoms with E-state index in [1.165, 1.54) is 5.56 Å². The van der Waals surface area contributed by atoms with Gasteiger partial charge in [-0.25, -0.2) is 0 Å². The van der Waals surface area contributed by atoms with Crippen LogP contribution in [0, 0.1) is 13.8 Å². The highest BCUT2D eigenvalue weighted by Gasteiger charge is 2.33. The van der Waals surface area contributed by atoms with Gasteiger partial charge >= 0.3 is 0 Å². The highest BCUT2D eigenvalue weighted by atomic mass is 16.5. The first-order chi connectivity index (χ1) is 11.4. The van der Waals surface area contributed by atoms with E-state index in [-0.39, 0.29) is 17.4 Å². The molecule has 3 rings (SSSR count). The Hall–Kier alpha value is -2.30. The molecular formula is C19H25N3O2. The number of carbonyl (C=O) groups is 1. The van der Waals surface area contributed by atoms with Crippen LogP contribution in [0.5, 0.6) is 5.75 Å². The summed E-state index contributed by atoms with van der Waals surface area (Å²) in [5, 5.41) is 10.2. The number of benzene rings is 1.